The summed E-state index contributed by atoms with van der Waals surface area (Å²) in [4.78, 5) is 4.91. The van der Waals surface area contributed by atoms with E-state index in [1.807, 2.05) is 0 Å². The number of hydrogen-bond acceptors (Lipinski definition) is 1. The molecule has 1 heterocycles. The molecule has 0 aliphatic carbocycles. The molecule has 0 atom stereocenters. The quantitative estimate of drug-likeness (QED) is 0.191. The molecule has 0 saturated carbocycles. The fourth-order valence-corrected chi connectivity index (χ4v) is 5.56. The largest absolute Gasteiger partial charge is 0.256 e. The molecule has 0 saturated heterocycles. The van der Waals surface area contributed by atoms with Gasteiger partial charge in [0.25, 0.3) is 0 Å². The number of aromatic nitrogens is 1. The van der Waals surface area contributed by atoms with Gasteiger partial charge in [0, 0.05) is 22.4 Å². The highest BCUT2D eigenvalue weighted by atomic mass is 14.6. The number of rotatable bonds is 2. The zero-order valence-electron chi connectivity index (χ0n) is 19.5. The van der Waals surface area contributed by atoms with Gasteiger partial charge in [0.05, 0.1) is 5.52 Å². The van der Waals surface area contributed by atoms with Gasteiger partial charge >= 0.3 is 0 Å². The Kier molecular flexibility index (Phi) is 4.43. The highest BCUT2D eigenvalue weighted by Gasteiger charge is 2.19. The van der Waals surface area contributed by atoms with Gasteiger partial charge in [-0.1, -0.05) is 109 Å². The fraction of sp³-hybridized carbons (Fsp3) is 0.0294. The maximum absolute atomic E-state index is 4.91. The second-order valence-corrected chi connectivity index (χ2v) is 9.29. The van der Waals surface area contributed by atoms with Crippen molar-refractivity contribution in [2.45, 2.75) is 6.92 Å². The number of fused-ring (bicyclic) bond motifs is 5. The standard InChI is InChI=1S/C34H23N/c1-22-9-8-12-25(19-22)32-27-13-4-5-14-28(27)33(26-18-17-23-10-2-3-11-24(23)20-26)34-29-15-6-7-16-31(29)35-21-30(32)34/h2-21H,1H3. The molecule has 0 amide bonds. The first-order valence-corrected chi connectivity index (χ1v) is 12.1. The van der Waals surface area contributed by atoms with Crippen molar-refractivity contribution in [2.75, 3.05) is 0 Å². The smallest absolute Gasteiger partial charge is 0.0708 e. The maximum Gasteiger partial charge on any atom is 0.0708 e. The van der Waals surface area contributed by atoms with Crippen LogP contribution in [-0.2, 0) is 0 Å². The SMILES string of the molecule is Cc1cccc(-c2c3ccccc3c(-c3ccc4ccccc4c3)c3c2cnc2ccccc23)c1. The minimum atomic E-state index is 1.02. The van der Waals surface area contributed by atoms with Crippen LogP contribution in [0, 0.1) is 6.92 Å². The molecule has 7 aromatic rings. The van der Waals surface area contributed by atoms with Crippen LogP contribution in [0.25, 0.3) is 65.5 Å². The molecule has 6 aromatic carbocycles. The Labute approximate surface area is 204 Å². The first-order valence-electron chi connectivity index (χ1n) is 12.1. The monoisotopic (exact) mass is 445 g/mol. The second kappa shape index (κ2) is 7.78. The lowest BCUT2D eigenvalue weighted by atomic mass is 9.84. The maximum atomic E-state index is 4.91. The minimum absolute atomic E-state index is 1.02. The summed E-state index contributed by atoms with van der Waals surface area (Å²) in [5.74, 6) is 0. The minimum Gasteiger partial charge on any atom is -0.256 e. The third-order valence-electron chi connectivity index (χ3n) is 7.11. The lowest BCUT2D eigenvalue weighted by Crippen LogP contribution is -1.93. The highest BCUT2D eigenvalue weighted by molar-refractivity contribution is 6.27. The fourth-order valence-electron chi connectivity index (χ4n) is 5.56. The summed E-state index contributed by atoms with van der Waals surface area (Å²) in [6.45, 7) is 2.16. The van der Waals surface area contributed by atoms with E-state index in [-0.39, 0.29) is 0 Å². The van der Waals surface area contributed by atoms with Crippen molar-refractivity contribution >= 4 is 43.2 Å². The van der Waals surface area contributed by atoms with Crippen molar-refractivity contribution in [1.29, 1.82) is 0 Å². The Balaban J connectivity index is 1.73. The van der Waals surface area contributed by atoms with Crippen molar-refractivity contribution < 1.29 is 0 Å². The van der Waals surface area contributed by atoms with E-state index in [4.69, 9.17) is 4.98 Å². The number of pyridine rings is 1. The summed E-state index contributed by atoms with van der Waals surface area (Å²) in [6.07, 6.45) is 2.08. The molecule has 0 N–H and O–H groups in total. The summed E-state index contributed by atoms with van der Waals surface area (Å²) >= 11 is 0. The van der Waals surface area contributed by atoms with Gasteiger partial charge < -0.3 is 0 Å². The normalized spacial score (nSPS) is 11.6. The number of para-hydroxylation sites is 1. The zero-order chi connectivity index (χ0) is 23.4. The van der Waals surface area contributed by atoms with Crippen LogP contribution in [0.1, 0.15) is 5.56 Å². The van der Waals surface area contributed by atoms with Crippen LogP contribution in [0.4, 0.5) is 0 Å². The van der Waals surface area contributed by atoms with Crippen molar-refractivity contribution in [3.05, 3.63) is 127 Å². The van der Waals surface area contributed by atoms with E-state index in [9.17, 15) is 0 Å². The highest BCUT2D eigenvalue weighted by Crippen LogP contribution is 2.46. The summed E-state index contributed by atoms with van der Waals surface area (Å²) < 4.78 is 0. The predicted octanol–water partition coefficient (Wildman–Crippen LogP) is 9.34. The molecule has 0 aliphatic rings. The molecule has 0 bridgehead atoms. The van der Waals surface area contributed by atoms with Crippen LogP contribution in [0.15, 0.2) is 121 Å². The topological polar surface area (TPSA) is 12.9 Å². The van der Waals surface area contributed by atoms with E-state index in [0.29, 0.717) is 0 Å². The van der Waals surface area contributed by atoms with Gasteiger partial charge in [-0.2, -0.15) is 0 Å². The van der Waals surface area contributed by atoms with E-state index in [1.54, 1.807) is 0 Å². The Morgan fingerprint density at radius 2 is 1.17 bits per heavy atom. The van der Waals surface area contributed by atoms with Crippen LogP contribution < -0.4 is 0 Å². The van der Waals surface area contributed by atoms with Crippen molar-refractivity contribution in [1.82, 2.24) is 4.98 Å². The van der Waals surface area contributed by atoms with Crippen LogP contribution >= 0.6 is 0 Å². The zero-order valence-corrected chi connectivity index (χ0v) is 19.5. The number of nitrogens with zero attached hydrogens (tertiary/aromatic N) is 1. The molecule has 1 aromatic heterocycles. The van der Waals surface area contributed by atoms with Crippen molar-refractivity contribution in [2.24, 2.45) is 0 Å². The first-order chi connectivity index (χ1) is 17.3. The number of benzene rings is 6. The molecule has 164 valence electrons. The van der Waals surface area contributed by atoms with E-state index in [0.717, 1.165) is 5.52 Å². The second-order valence-electron chi connectivity index (χ2n) is 9.29. The molecular weight excluding hydrogens is 422 g/mol. The molecule has 1 nitrogen and oxygen atoms in total. The third-order valence-corrected chi connectivity index (χ3v) is 7.11. The molecule has 0 aliphatic heterocycles. The third kappa shape index (κ3) is 3.13. The van der Waals surface area contributed by atoms with Crippen LogP contribution in [-0.4, -0.2) is 4.98 Å². The van der Waals surface area contributed by atoms with Gasteiger partial charge in [-0.25, -0.2) is 0 Å². The lowest BCUT2D eigenvalue weighted by molar-refractivity contribution is 1.44. The Hall–Kier alpha value is -4.49. The van der Waals surface area contributed by atoms with E-state index in [2.05, 4.69) is 128 Å². The summed E-state index contributed by atoms with van der Waals surface area (Å²) in [7, 11) is 0. The van der Waals surface area contributed by atoms with Gasteiger partial charge in [0.1, 0.15) is 0 Å². The van der Waals surface area contributed by atoms with Gasteiger partial charge in [0.2, 0.25) is 0 Å². The molecule has 7 rings (SSSR count). The van der Waals surface area contributed by atoms with Gasteiger partial charge in [-0.3, -0.25) is 4.98 Å². The predicted molar refractivity (Wildman–Crippen MR) is 150 cm³/mol. The summed E-state index contributed by atoms with van der Waals surface area (Å²) in [5.41, 5.74) is 7.27. The lowest BCUT2D eigenvalue weighted by Gasteiger charge is -2.19. The van der Waals surface area contributed by atoms with Crippen molar-refractivity contribution in [3.63, 3.8) is 0 Å². The van der Waals surface area contributed by atoms with Gasteiger partial charge in [-0.05, 0) is 62.9 Å². The first kappa shape index (κ1) is 19.9. The molecule has 0 spiro atoms. The van der Waals surface area contributed by atoms with Crippen molar-refractivity contribution in [3.8, 4) is 22.3 Å². The van der Waals surface area contributed by atoms with Crippen LogP contribution in [0.5, 0.6) is 0 Å². The Morgan fingerprint density at radius 1 is 0.486 bits per heavy atom. The molecular formula is C34H23N. The summed E-state index contributed by atoms with van der Waals surface area (Å²) in [6, 6.07) is 41.6. The Morgan fingerprint density at radius 3 is 2.00 bits per heavy atom. The summed E-state index contributed by atoms with van der Waals surface area (Å²) in [5, 5.41) is 8.68. The van der Waals surface area contributed by atoms with E-state index >= 15 is 0 Å². The van der Waals surface area contributed by atoms with Crippen LogP contribution in [0.2, 0.25) is 0 Å². The molecule has 0 unspecified atom stereocenters. The Bertz CT molecular complexity index is 1910. The van der Waals surface area contributed by atoms with Crippen LogP contribution in [0.3, 0.4) is 0 Å². The number of aryl methyl sites for hydroxylation is 1. The average molecular weight is 446 g/mol. The molecule has 35 heavy (non-hydrogen) atoms. The molecule has 0 fully saturated rings. The average Bonchev–Trinajstić information content (AvgIpc) is 2.91. The molecule has 0 radical (unpaired) electrons. The molecule has 1 heteroatoms. The van der Waals surface area contributed by atoms with E-state index < -0.39 is 0 Å². The van der Waals surface area contributed by atoms with Gasteiger partial charge in [-0.15, -0.1) is 0 Å². The van der Waals surface area contributed by atoms with E-state index in [1.165, 1.54) is 65.5 Å². The van der Waals surface area contributed by atoms with Gasteiger partial charge in [0.15, 0.2) is 0 Å². The number of hydrogen-bond donors (Lipinski definition) is 0.